The van der Waals surface area contributed by atoms with Crippen LogP contribution in [0, 0.1) is 0 Å². The van der Waals surface area contributed by atoms with Crippen molar-refractivity contribution in [3.8, 4) is 0 Å². The Labute approximate surface area is 71.8 Å². The van der Waals surface area contributed by atoms with Crippen molar-refractivity contribution in [1.29, 1.82) is 0 Å². The number of Topliss-reactive ketones (excluding diaryl/α,β-unsaturated/α-hetero) is 1. The van der Waals surface area contributed by atoms with E-state index in [1.165, 1.54) is 14.2 Å². The fraction of sp³-hybridized carbons (Fsp3) is 0.875. The summed E-state index contributed by atoms with van der Waals surface area (Å²) >= 11 is 0. The van der Waals surface area contributed by atoms with Crippen LogP contribution in [0.15, 0.2) is 0 Å². The summed E-state index contributed by atoms with van der Waals surface area (Å²) in [6, 6.07) is 0. The third kappa shape index (κ3) is 1.83. The highest BCUT2D eigenvalue weighted by molar-refractivity contribution is 5.84. The van der Waals surface area contributed by atoms with E-state index in [0.717, 1.165) is 0 Å². The Balaban J connectivity index is 2.57. The maximum atomic E-state index is 11.3. The molecule has 0 aromatic rings. The van der Waals surface area contributed by atoms with Gasteiger partial charge in [-0.05, 0) is 6.92 Å². The van der Waals surface area contributed by atoms with Crippen LogP contribution >= 0.6 is 0 Å². The lowest BCUT2D eigenvalue weighted by atomic mass is 10.0. The van der Waals surface area contributed by atoms with Crippen LogP contribution in [0.5, 0.6) is 0 Å². The van der Waals surface area contributed by atoms with Gasteiger partial charge in [0.1, 0.15) is 6.10 Å². The van der Waals surface area contributed by atoms with E-state index in [1.807, 2.05) is 0 Å². The first-order chi connectivity index (χ1) is 5.69. The topological polar surface area (TPSA) is 44.8 Å². The summed E-state index contributed by atoms with van der Waals surface area (Å²) in [5.41, 5.74) is 0. The normalized spacial score (nSPS) is 36.9. The molecule has 1 rings (SSSR count). The summed E-state index contributed by atoms with van der Waals surface area (Å²) in [6.45, 7) is 1.80. The van der Waals surface area contributed by atoms with E-state index in [-0.39, 0.29) is 18.3 Å². The summed E-state index contributed by atoms with van der Waals surface area (Å²) in [5.74, 6) is 0.0445. The Kier molecular flexibility index (Phi) is 3.20. The molecule has 0 unspecified atom stereocenters. The summed E-state index contributed by atoms with van der Waals surface area (Å²) in [5, 5.41) is 0. The molecular formula is C8H14O4. The molecule has 0 radical (unpaired) electrons. The standard InChI is InChI=1S/C8H14O4/c1-5-8(11-3)6(9)4-7(10-2)12-5/h5,7-8H,4H2,1-3H3/t5-,7+,8+/m0/s1. The molecular weight excluding hydrogens is 160 g/mol. The summed E-state index contributed by atoms with van der Waals surface area (Å²) in [6.07, 6.45) is -0.782. The summed E-state index contributed by atoms with van der Waals surface area (Å²) in [4.78, 5) is 11.3. The predicted molar refractivity (Wildman–Crippen MR) is 41.8 cm³/mol. The summed E-state index contributed by atoms with van der Waals surface area (Å²) < 4.78 is 15.2. The van der Waals surface area contributed by atoms with Crippen molar-refractivity contribution in [1.82, 2.24) is 0 Å². The zero-order valence-corrected chi connectivity index (χ0v) is 7.57. The van der Waals surface area contributed by atoms with E-state index in [4.69, 9.17) is 14.2 Å². The Morgan fingerprint density at radius 2 is 2.08 bits per heavy atom. The number of hydrogen-bond acceptors (Lipinski definition) is 4. The van der Waals surface area contributed by atoms with Gasteiger partial charge in [0.05, 0.1) is 12.5 Å². The van der Waals surface area contributed by atoms with Gasteiger partial charge in [0.2, 0.25) is 0 Å². The minimum atomic E-state index is -0.434. The van der Waals surface area contributed by atoms with Crippen molar-refractivity contribution >= 4 is 5.78 Å². The third-order valence-electron chi connectivity index (χ3n) is 1.99. The van der Waals surface area contributed by atoms with Crippen molar-refractivity contribution in [2.45, 2.75) is 31.8 Å². The van der Waals surface area contributed by atoms with Gasteiger partial charge in [0.15, 0.2) is 12.1 Å². The summed E-state index contributed by atoms with van der Waals surface area (Å²) in [7, 11) is 3.04. The molecule has 1 fully saturated rings. The van der Waals surface area contributed by atoms with E-state index < -0.39 is 12.4 Å². The van der Waals surface area contributed by atoms with Crippen LogP contribution in [0.1, 0.15) is 13.3 Å². The van der Waals surface area contributed by atoms with Gasteiger partial charge in [0.25, 0.3) is 0 Å². The third-order valence-corrected chi connectivity index (χ3v) is 1.99. The zero-order valence-electron chi connectivity index (χ0n) is 7.57. The number of ketones is 1. The Bertz CT molecular complexity index is 168. The largest absolute Gasteiger partial charge is 0.371 e. The molecule has 1 heterocycles. The Morgan fingerprint density at radius 1 is 1.42 bits per heavy atom. The number of rotatable bonds is 2. The van der Waals surface area contributed by atoms with Gasteiger partial charge in [-0.1, -0.05) is 0 Å². The van der Waals surface area contributed by atoms with Gasteiger partial charge in [-0.3, -0.25) is 4.79 Å². The minimum Gasteiger partial charge on any atom is -0.371 e. The fourth-order valence-corrected chi connectivity index (χ4v) is 1.36. The van der Waals surface area contributed by atoms with E-state index in [2.05, 4.69) is 0 Å². The molecule has 0 aliphatic carbocycles. The second-order valence-corrected chi connectivity index (χ2v) is 2.83. The lowest BCUT2D eigenvalue weighted by Crippen LogP contribution is -2.45. The number of hydrogen-bond donors (Lipinski definition) is 0. The number of ether oxygens (including phenoxy) is 3. The van der Waals surface area contributed by atoms with Crippen molar-refractivity contribution < 1.29 is 19.0 Å². The van der Waals surface area contributed by atoms with Crippen molar-refractivity contribution in [3.05, 3.63) is 0 Å². The van der Waals surface area contributed by atoms with E-state index in [9.17, 15) is 4.79 Å². The lowest BCUT2D eigenvalue weighted by Gasteiger charge is -2.31. The van der Waals surface area contributed by atoms with Crippen molar-refractivity contribution in [2.24, 2.45) is 0 Å². The van der Waals surface area contributed by atoms with Gasteiger partial charge in [-0.2, -0.15) is 0 Å². The maximum Gasteiger partial charge on any atom is 0.169 e. The first-order valence-electron chi connectivity index (χ1n) is 3.92. The van der Waals surface area contributed by atoms with Crippen molar-refractivity contribution in [3.63, 3.8) is 0 Å². The monoisotopic (exact) mass is 174 g/mol. The SMILES string of the molecule is CO[C@H]1CC(=O)[C@H](OC)[C@H](C)O1. The van der Waals surface area contributed by atoms with Gasteiger partial charge in [-0.15, -0.1) is 0 Å². The maximum absolute atomic E-state index is 11.3. The van der Waals surface area contributed by atoms with Crippen LogP contribution in [0.4, 0.5) is 0 Å². The molecule has 4 nitrogen and oxygen atoms in total. The highest BCUT2D eigenvalue weighted by Crippen LogP contribution is 2.18. The fourth-order valence-electron chi connectivity index (χ4n) is 1.36. The Morgan fingerprint density at radius 3 is 2.50 bits per heavy atom. The number of carbonyl (C=O) groups excluding carboxylic acids is 1. The number of carbonyl (C=O) groups is 1. The van der Waals surface area contributed by atoms with Crippen molar-refractivity contribution in [2.75, 3.05) is 14.2 Å². The Hall–Kier alpha value is -0.450. The molecule has 0 amide bonds. The van der Waals surface area contributed by atoms with Gasteiger partial charge >= 0.3 is 0 Å². The second-order valence-electron chi connectivity index (χ2n) is 2.83. The lowest BCUT2D eigenvalue weighted by molar-refractivity contribution is -0.207. The smallest absolute Gasteiger partial charge is 0.169 e. The van der Waals surface area contributed by atoms with E-state index >= 15 is 0 Å². The molecule has 0 spiro atoms. The second kappa shape index (κ2) is 3.98. The van der Waals surface area contributed by atoms with Crippen LogP contribution in [0.3, 0.4) is 0 Å². The molecule has 1 aliphatic heterocycles. The average molecular weight is 174 g/mol. The van der Waals surface area contributed by atoms with Crippen LogP contribution in [-0.4, -0.2) is 38.5 Å². The predicted octanol–water partition coefficient (Wildman–Crippen LogP) is 0.352. The minimum absolute atomic E-state index is 0.0445. The quantitative estimate of drug-likeness (QED) is 0.606. The molecule has 1 saturated heterocycles. The average Bonchev–Trinajstić information content (AvgIpc) is 2.03. The molecule has 3 atom stereocenters. The number of methoxy groups -OCH3 is 2. The highest BCUT2D eigenvalue weighted by atomic mass is 16.7. The molecule has 0 N–H and O–H groups in total. The first-order valence-corrected chi connectivity index (χ1v) is 3.92. The first kappa shape index (κ1) is 9.64. The van der Waals surface area contributed by atoms with Crippen LogP contribution in [-0.2, 0) is 19.0 Å². The molecule has 0 aromatic carbocycles. The van der Waals surface area contributed by atoms with Gasteiger partial charge < -0.3 is 14.2 Å². The molecule has 12 heavy (non-hydrogen) atoms. The molecule has 0 aromatic heterocycles. The van der Waals surface area contributed by atoms with E-state index in [1.54, 1.807) is 6.92 Å². The van der Waals surface area contributed by atoms with Crippen LogP contribution < -0.4 is 0 Å². The molecule has 0 saturated carbocycles. The molecule has 4 heteroatoms. The van der Waals surface area contributed by atoms with Crippen LogP contribution in [0.2, 0.25) is 0 Å². The van der Waals surface area contributed by atoms with E-state index in [0.29, 0.717) is 0 Å². The van der Waals surface area contributed by atoms with Gasteiger partial charge in [-0.25, -0.2) is 0 Å². The van der Waals surface area contributed by atoms with Crippen LogP contribution in [0.25, 0.3) is 0 Å². The molecule has 70 valence electrons. The van der Waals surface area contributed by atoms with Gasteiger partial charge in [0, 0.05) is 14.2 Å². The molecule has 0 bridgehead atoms. The highest BCUT2D eigenvalue weighted by Gasteiger charge is 2.34. The zero-order chi connectivity index (χ0) is 9.14. The molecule has 1 aliphatic rings.